The fourth-order valence-corrected chi connectivity index (χ4v) is 4.63. The zero-order chi connectivity index (χ0) is 29.1. The Labute approximate surface area is 231 Å². The van der Waals surface area contributed by atoms with E-state index in [4.69, 9.17) is 11.0 Å². The van der Waals surface area contributed by atoms with Crippen molar-refractivity contribution >= 4 is 29.0 Å². The summed E-state index contributed by atoms with van der Waals surface area (Å²) >= 11 is 0. The van der Waals surface area contributed by atoms with Gasteiger partial charge in [-0.1, -0.05) is 0 Å². The maximum absolute atomic E-state index is 13.7. The van der Waals surface area contributed by atoms with Crippen LogP contribution < -0.4 is 16.4 Å². The summed E-state index contributed by atoms with van der Waals surface area (Å²) in [4.78, 5) is 35.1. The molecule has 0 spiro atoms. The van der Waals surface area contributed by atoms with Crippen LogP contribution in [-0.4, -0.2) is 66.5 Å². The Bertz CT molecular complexity index is 1620. The monoisotopic (exact) mass is 566 g/mol. The smallest absolute Gasteiger partial charge is 0.343 e. The number of fused-ring (bicyclic) bond motifs is 1. The van der Waals surface area contributed by atoms with Crippen molar-refractivity contribution in [1.29, 1.82) is 5.26 Å². The first kappa shape index (κ1) is 27.6. The number of carbonyl (C=O) groups excluding carboxylic acids is 2. The Morgan fingerprint density at radius 2 is 1.98 bits per heavy atom. The zero-order valence-corrected chi connectivity index (χ0v) is 21.6. The third kappa shape index (κ3) is 5.97. The van der Waals surface area contributed by atoms with Gasteiger partial charge >= 0.3 is 6.18 Å². The molecule has 212 valence electrons. The second-order valence-corrected chi connectivity index (χ2v) is 9.48. The highest BCUT2D eigenvalue weighted by atomic mass is 19.4. The van der Waals surface area contributed by atoms with Gasteiger partial charge in [-0.05, 0) is 37.1 Å². The molecule has 4 heterocycles. The van der Waals surface area contributed by atoms with Gasteiger partial charge in [0, 0.05) is 49.0 Å². The minimum absolute atomic E-state index is 0.0527. The summed E-state index contributed by atoms with van der Waals surface area (Å²) in [6.45, 7) is 0.620. The molecule has 5 rings (SSSR count). The van der Waals surface area contributed by atoms with E-state index in [-0.39, 0.29) is 47.8 Å². The lowest BCUT2D eigenvalue weighted by molar-refractivity contribution is -0.141. The highest BCUT2D eigenvalue weighted by molar-refractivity contribution is 5.96. The number of rotatable bonds is 7. The maximum Gasteiger partial charge on any atom is 0.435 e. The number of imidazole rings is 1. The highest BCUT2D eigenvalue weighted by Crippen LogP contribution is 2.36. The molecule has 0 aliphatic carbocycles. The Morgan fingerprint density at radius 3 is 2.68 bits per heavy atom. The molecule has 15 heteroatoms. The number of nitrogens with zero attached hydrogens (tertiary/aromatic N) is 7. The minimum Gasteiger partial charge on any atom is -0.343 e. The third-order valence-corrected chi connectivity index (χ3v) is 6.59. The predicted molar refractivity (Wildman–Crippen MR) is 141 cm³/mol. The molecule has 0 bridgehead atoms. The number of aromatic nitrogens is 5. The van der Waals surface area contributed by atoms with Gasteiger partial charge in [-0.25, -0.2) is 9.97 Å². The van der Waals surface area contributed by atoms with Gasteiger partial charge in [-0.3, -0.25) is 18.7 Å². The van der Waals surface area contributed by atoms with E-state index in [1.807, 2.05) is 0 Å². The molecular formula is C26H25F3N10O2. The fraction of sp³-hybridized carbons (Fsp3) is 0.308. The van der Waals surface area contributed by atoms with Crippen LogP contribution in [0.5, 0.6) is 0 Å². The van der Waals surface area contributed by atoms with Gasteiger partial charge in [0.15, 0.2) is 17.2 Å². The largest absolute Gasteiger partial charge is 0.435 e. The molecule has 1 unspecified atom stereocenters. The molecule has 1 aromatic carbocycles. The molecule has 4 aromatic rings. The van der Waals surface area contributed by atoms with Crippen molar-refractivity contribution in [1.82, 2.24) is 34.4 Å². The summed E-state index contributed by atoms with van der Waals surface area (Å²) in [5.74, 6) is -0.342. The molecule has 1 atom stereocenters. The van der Waals surface area contributed by atoms with Crippen LogP contribution in [0.25, 0.3) is 16.9 Å². The van der Waals surface area contributed by atoms with E-state index in [1.54, 1.807) is 35.2 Å². The first-order valence-corrected chi connectivity index (χ1v) is 12.7. The molecule has 3 aromatic heterocycles. The van der Waals surface area contributed by atoms with Crippen molar-refractivity contribution in [2.45, 2.75) is 31.6 Å². The number of nitrogens with two attached hydrogens (primary N) is 1. The molecule has 41 heavy (non-hydrogen) atoms. The van der Waals surface area contributed by atoms with Crippen LogP contribution in [0, 0.1) is 11.3 Å². The van der Waals surface area contributed by atoms with Crippen molar-refractivity contribution in [3.63, 3.8) is 0 Å². The van der Waals surface area contributed by atoms with Crippen LogP contribution in [0.15, 0.2) is 49.1 Å². The fourth-order valence-electron chi connectivity index (χ4n) is 4.63. The summed E-state index contributed by atoms with van der Waals surface area (Å²) in [5.41, 5.74) is 5.81. The lowest BCUT2D eigenvalue weighted by atomic mass is 10.1. The number of hydrogen-bond acceptors (Lipinski definition) is 8. The molecule has 4 N–H and O–H groups in total. The molecule has 12 nitrogen and oxygen atoms in total. The maximum atomic E-state index is 13.7. The number of benzene rings is 1. The Balaban J connectivity index is 1.30. The number of nitrogens with one attached hydrogen (secondary N) is 2. The van der Waals surface area contributed by atoms with Crippen molar-refractivity contribution in [3.05, 3.63) is 60.3 Å². The molecule has 1 saturated heterocycles. The van der Waals surface area contributed by atoms with E-state index in [1.165, 1.54) is 23.0 Å². The van der Waals surface area contributed by atoms with Gasteiger partial charge in [0.2, 0.25) is 5.91 Å². The van der Waals surface area contributed by atoms with E-state index in [2.05, 4.69) is 25.7 Å². The summed E-state index contributed by atoms with van der Waals surface area (Å²) in [6, 6.07) is 8.11. The van der Waals surface area contributed by atoms with Gasteiger partial charge in [0.1, 0.15) is 6.54 Å². The first-order chi connectivity index (χ1) is 19.6. The Morgan fingerprint density at radius 1 is 1.20 bits per heavy atom. The predicted octanol–water partition coefficient (Wildman–Crippen LogP) is 2.56. The van der Waals surface area contributed by atoms with E-state index < -0.39 is 17.8 Å². The Kier molecular flexibility index (Phi) is 7.58. The average Bonchev–Trinajstić information content (AvgIpc) is 3.57. The summed E-state index contributed by atoms with van der Waals surface area (Å²) in [7, 11) is 0. The molecular weight excluding hydrogens is 541 g/mol. The van der Waals surface area contributed by atoms with Crippen LogP contribution in [0.2, 0.25) is 0 Å². The zero-order valence-electron chi connectivity index (χ0n) is 21.6. The normalized spacial score (nSPS) is 15.5. The van der Waals surface area contributed by atoms with Crippen LogP contribution >= 0.6 is 0 Å². The van der Waals surface area contributed by atoms with Crippen molar-refractivity contribution in [2.24, 2.45) is 5.73 Å². The topological polar surface area (TPSA) is 159 Å². The summed E-state index contributed by atoms with van der Waals surface area (Å²) < 4.78 is 43.4. The van der Waals surface area contributed by atoms with Gasteiger partial charge in [0.25, 0.3) is 5.91 Å². The lowest BCUT2D eigenvalue weighted by Crippen LogP contribution is -2.48. The van der Waals surface area contributed by atoms with Crippen molar-refractivity contribution in [3.8, 4) is 17.3 Å². The average molecular weight is 567 g/mol. The van der Waals surface area contributed by atoms with E-state index in [0.29, 0.717) is 24.3 Å². The van der Waals surface area contributed by atoms with Gasteiger partial charge in [-0.2, -0.15) is 23.5 Å². The third-order valence-electron chi connectivity index (χ3n) is 6.59. The summed E-state index contributed by atoms with van der Waals surface area (Å²) in [5, 5.41) is 18.1. The van der Waals surface area contributed by atoms with Crippen molar-refractivity contribution in [2.75, 3.05) is 25.0 Å². The van der Waals surface area contributed by atoms with Crippen molar-refractivity contribution < 1.29 is 22.8 Å². The van der Waals surface area contributed by atoms with Crippen LogP contribution in [0.1, 0.15) is 28.9 Å². The number of nitriles is 1. The molecule has 1 fully saturated rings. The molecule has 2 amide bonds. The van der Waals surface area contributed by atoms with E-state index in [9.17, 15) is 22.8 Å². The second-order valence-electron chi connectivity index (χ2n) is 9.48. The number of carbonyl (C=O) groups is 2. The number of anilines is 2. The first-order valence-electron chi connectivity index (χ1n) is 12.7. The number of alkyl halides is 3. The highest BCUT2D eigenvalue weighted by Gasteiger charge is 2.38. The van der Waals surface area contributed by atoms with Crippen LogP contribution in [-0.2, 0) is 17.5 Å². The molecule has 1 aliphatic rings. The minimum atomic E-state index is -4.74. The number of hydrogen-bond donors (Lipinski definition) is 3. The molecule has 1 aliphatic heterocycles. The second kappa shape index (κ2) is 11.3. The molecule has 0 radical (unpaired) electrons. The molecule has 0 saturated carbocycles. The van der Waals surface area contributed by atoms with Gasteiger partial charge in [0.05, 0.1) is 30.1 Å². The van der Waals surface area contributed by atoms with Crippen LogP contribution in [0.4, 0.5) is 24.7 Å². The quantitative estimate of drug-likeness (QED) is 0.308. The Hall–Kier alpha value is -4.97. The summed E-state index contributed by atoms with van der Waals surface area (Å²) in [6.07, 6.45) is 2.27. The van der Waals surface area contributed by atoms with Crippen LogP contribution in [0.3, 0.4) is 0 Å². The lowest BCUT2D eigenvalue weighted by Gasteiger charge is -2.30. The van der Waals surface area contributed by atoms with E-state index >= 15 is 0 Å². The SMILES string of the molecule is N#CCn1cc(-c2cnc3c(Nc4ccc(C(=O)NCC(=O)N5CCCC(N)C5)cc4)nccn23)c(C(F)(F)F)n1. The number of amides is 2. The number of halogens is 3. The van der Waals surface area contributed by atoms with Gasteiger partial charge < -0.3 is 21.3 Å². The number of piperidine rings is 1. The standard InChI is InChI=1S/C26H25F3N10O2/c27-26(28,29)22-19(15-38(36-22)10-7-30)20-12-33-24-23(32-8-11-39(20)24)35-18-5-3-16(4-6-18)25(41)34-13-21(40)37-9-1-2-17(31)14-37/h3-6,8,11-12,15,17H,1-2,9-10,13-14,31H2,(H,32,35)(H,34,41). The van der Waals surface area contributed by atoms with Gasteiger partial charge in [-0.15, -0.1) is 0 Å². The van der Waals surface area contributed by atoms with E-state index in [0.717, 1.165) is 23.7 Å². The number of likely N-dealkylation sites (tertiary alicyclic amines) is 1.